The summed E-state index contributed by atoms with van der Waals surface area (Å²) in [5, 5.41) is 7.93. The topological polar surface area (TPSA) is 51.6 Å². The van der Waals surface area contributed by atoms with E-state index in [0.717, 1.165) is 65.6 Å². The molecule has 9 rings (SSSR count). The summed E-state index contributed by atoms with van der Waals surface area (Å²) in [7, 11) is 0. The zero-order chi connectivity index (χ0) is 27.6. The molecule has 0 unspecified atom stereocenters. The van der Waals surface area contributed by atoms with E-state index in [1.807, 2.05) is 36.8 Å². The Kier molecular flexibility index (Phi) is 4.87. The van der Waals surface area contributed by atoms with Crippen LogP contribution in [0.15, 0.2) is 134 Å². The third kappa shape index (κ3) is 3.42. The molecule has 0 radical (unpaired) electrons. The van der Waals surface area contributed by atoms with Gasteiger partial charge < -0.3 is 0 Å². The Balaban J connectivity index is 1.24. The number of hydrogen-bond donors (Lipinski definition) is 0. The fraction of sp³-hybridized carbons (Fsp3) is 0. The SMILES string of the molecule is c1cnc2c(c1)ccc1c(-c3ccc4cc(-c5c6ccccc6nc6c5ccc5cccnc56)ccc4c3)ccnc12. The highest BCUT2D eigenvalue weighted by Gasteiger charge is 2.15. The van der Waals surface area contributed by atoms with Crippen molar-refractivity contribution < 1.29 is 0 Å². The van der Waals surface area contributed by atoms with Gasteiger partial charge in [0.1, 0.15) is 0 Å². The van der Waals surface area contributed by atoms with Gasteiger partial charge in [-0.3, -0.25) is 15.0 Å². The quantitative estimate of drug-likeness (QED) is 0.164. The molecule has 0 saturated heterocycles. The monoisotopic (exact) mass is 534 g/mol. The van der Waals surface area contributed by atoms with Crippen LogP contribution in [-0.4, -0.2) is 19.9 Å². The summed E-state index contributed by atoms with van der Waals surface area (Å²) in [5.41, 5.74) is 9.37. The second kappa shape index (κ2) is 8.88. The number of fused-ring (bicyclic) bond motifs is 8. The standard InChI is InChI=1S/C38H22N4/c1-2-8-33-31(7-1)34(32-16-14-24-6-4-19-40-36(24)38(32)42-33)28-12-10-25-21-27(11-9-26(25)22-28)29-17-20-41-37-30(29)15-13-23-5-3-18-39-35(23)37/h1-22H. The van der Waals surface area contributed by atoms with Gasteiger partial charge in [-0.05, 0) is 63.9 Å². The van der Waals surface area contributed by atoms with Crippen molar-refractivity contribution in [1.82, 2.24) is 19.9 Å². The molecule has 9 aromatic rings. The van der Waals surface area contributed by atoms with Gasteiger partial charge in [0.05, 0.1) is 27.6 Å². The van der Waals surface area contributed by atoms with E-state index >= 15 is 0 Å². The predicted molar refractivity (Wildman–Crippen MR) is 174 cm³/mol. The molecule has 0 bridgehead atoms. The number of rotatable bonds is 2. The Labute approximate surface area is 241 Å². The van der Waals surface area contributed by atoms with Gasteiger partial charge in [0.25, 0.3) is 0 Å². The van der Waals surface area contributed by atoms with Crippen LogP contribution in [0.1, 0.15) is 0 Å². The Morgan fingerprint density at radius 1 is 0.381 bits per heavy atom. The van der Waals surface area contributed by atoms with Crippen molar-refractivity contribution in [3.8, 4) is 22.3 Å². The normalized spacial score (nSPS) is 11.8. The van der Waals surface area contributed by atoms with Crippen LogP contribution in [0.4, 0.5) is 0 Å². The van der Waals surface area contributed by atoms with Crippen LogP contribution in [0.25, 0.3) is 87.5 Å². The third-order valence-electron chi connectivity index (χ3n) is 8.35. The Bertz CT molecular complexity index is 2530. The Morgan fingerprint density at radius 3 is 1.83 bits per heavy atom. The van der Waals surface area contributed by atoms with Gasteiger partial charge in [-0.2, -0.15) is 0 Å². The molecule has 4 aromatic heterocycles. The van der Waals surface area contributed by atoms with E-state index in [9.17, 15) is 0 Å². The molecule has 4 heterocycles. The summed E-state index contributed by atoms with van der Waals surface area (Å²) in [5.74, 6) is 0. The van der Waals surface area contributed by atoms with Crippen molar-refractivity contribution in [2.45, 2.75) is 0 Å². The minimum absolute atomic E-state index is 0.930. The predicted octanol–water partition coefficient (Wildman–Crippen LogP) is 9.52. The van der Waals surface area contributed by atoms with Crippen molar-refractivity contribution in [1.29, 1.82) is 0 Å². The van der Waals surface area contributed by atoms with Gasteiger partial charge in [0.15, 0.2) is 0 Å². The lowest BCUT2D eigenvalue weighted by Gasteiger charge is -2.14. The van der Waals surface area contributed by atoms with Crippen molar-refractivity contribution in [3.63, 3.8) is 0 Å². The fourth-order valence-electron chi connectivity index (χ4n) is 6.38. The Hall–Kier alpha value is -5.74. The summed E-state index contributed by atoms with van der Waals surface area (Å²) in [6.07, 6.45) is 5.56. The van der Waals surface area contributed by atoms with Crippen LogP contribution in [-0.2, 0) is 0 Å². The van der Waals surface area contributed by atoms with Gasteiger partial charge in [-0.15, -0.1) is 0 Å². The number of benzene rings is 5. The molecule has 5 aromatic carbocycles. The van der Waals surface area contributed by atoms with E-state index in [2.05, 4.69) is 102 Å². The number of hydrogen-bond acceptors (Lipinski definition) is 4. The summed E-state index contributed by atoms with van der Waals surface area (Å²) in [6, 6.07) is 40.7. The Morgan fingerprint density at radius 2 is 1.02 bits per heavy atom. The first-order valence-corrected chi connectivity index (χ1v) is 14.1. The van der Waals surface area contributed by atoms with Crippen molar-refractivity contribution in [2.24, 2.45) is 0 Å². The lowest BCUT2D eigenvalue weighted by atomic mass is 9.92. The fourth-order valence-corrected chi connectivity index (χ4v) is 6.38. The van der Waals surface area contributed by atoms with E-state index in [1.54, 1.807) is 0 Å². The van der Waals surface area contributed by atoms with E-state index in [4.69, 9.17) is 15.0 Å². The first-order valence-electron chi connectivity index (χ1n) is 14.1. The van der Waals surface area contributed by atoms with Gasteiger partial charge in [-0.1, -0.05) is 78.9 Å². The van der Waals surface area contributed by atoms with Gasteiger partial charge in [0.2, 0.25) is 0 Å². The zero-order valence-corrected chi connectivity index (χ0v) is 22.5. The molecular formula is C38H22N4. The third-order valence-corrected chi connectivity index (χ3v) is 8.35. The lowest BCUT2D eigenvalue weighted by Crippen LogP contribution is -1.92. The molecule has 0 aliphatic carbocycles. The molecule has 0 amide bonds. The van der Waals surface area contributed by atoms with Crippen molar-refractivity contribution >= 4 is 65.3 Å². The second-order valence-electron chi connectivity index (χ2n) is 10.7. The summed E-state index contributed by atoms with van der Waals surface area (Å²) < 4.78 is 0. The zero-order valence-electron chi connectivity index (χ0n) is 22.5. The molecule has 0 saturated carbocycles. The lowest BCUT2D eigenvalue weighted by molar-refractivity contribution is 1.37. The maximum absolute atomic E-state index is 5.07. The summed E-state index contributed by atoms with van der Waals surface area (Å²) in [4.78, 5) is 19.1. The van der Waals surface area contributed by atoms with E-state index < -0.39 is 0 Å². The minimum Gasteiger partial charge on any atom is -0.254 e. The van der Waals surface area contributed by atoms with Crippen LogP contribution >= 0.6 is 0 Å². The first-order chi connectivity index (χ1) is 20.8. The maximum atomic E-state index is 5.07. The number of aromatic nitrogens is 4. The molecule has 0 N–H and O–H groups in total. The van der Waals surface area contributed by atoms with Crippen LogP contribution in [0.3, 0.4) is 0 Å². The number of nitrogens with zero attached hydrogens (tertiary/aromatic N) is 4. The minimum atomic E-state index is 0.930. The molecule has 0 aliphatic rings. The van der Waals surface area contributed by atoms with E-state index in [0.29, 0.717) is 0 Å². The molecular weight excluding hydrogens is 512 g/mol. The summed E-state index contributed by atoms with van der Waals surface area (Å²) >= 11 is 0. The first kappa shape index (κ1) is 23.0. The van der Waals surface area contributed by atoms with Crippen LogP contribution < -0.4 is 0 Å². The number of pyridine rings is 4. The smallest absolute Gasteiger partial charge is 0.0978 e. The van der Waals surface area contributed by atoms with Gasteiger partial charge in [0, 0.05) is 51.1 Å². The average molecular weight is 535 g/mol. The second-order valence-corrected chi connectivity index (χ2v) is 10.7. The molecule has 4 heteroatoms. The van der Waals surface area contributed by atoms with Crippen LogP contribution in [0.2, 0.25) is 0 Å². The molecule has 0 fully saturated rings. The average Bonchev–Trinajstić information content (AvgIpc) is 3.06. The van der Waals surface area contributed by atoms with Gasteiger partial charge in [-0.25, -0.2) is 4.98 Å². The van der Waals surface area contributed by atoms with Crippen molar-refractivity contribution in [2.75, 3.05) is 0 Å². The largest absolute Gasteiger partial charge is 0.254 e. The maximum Gasteiger partial charge on any atom is 0.0978 e. The van der Waals surface area contributed by atoms with E-state index in [1.165, 1.54) is 21.9 Å². The highest BCUT2D eigenvalue weighted by atomic mass is 14.7. The van der Waals surface area contributed by atoms with E-state index in [-0.39, 0.29) is 0 Å². The number of para-hydroxylation sites is 1. The van der Waals surface area contributed by atoms with Gasteiger partial charge >= 0.3 is 0 Å². The highest BCUT2D eigenvalue weighted by molar-refractivity contribution is 6.16. The molecule has 4 nitrogen and oxygen atoms in total. The molecule has 42 heavy (non-hydrogen) atoms. The molecule has 0 atom stereocenters. The molecule has 194 valence electrons. The van der Waals surface area contributed by atoms with Crippen LogP contribution in [0, 0.1) is 0 Å². The molecule has 0 aliphatic heterocycles. The van der Waals surface area contributed by atoms with Crippen molar-refractivity contribution in [3.05, 3.63) is 134 Å². The highest BCUT2D eigenvalue weighted by Crippen LogP contribution is 2.39. The summed E-state index contributed by atoms with van der Waals surface area (Å²) in [6.45, 7) is 0. The van der Waals surface area contributed by atoms with Crippen LogP contribution in [0.5, 0.6) is 0 Å². The molecule has 0 spiro atoms.